The summed E-state index contributed by atoms with van der Waals surface area (Å²) in [5.41, 5.74) is -1.53. The van der Waals surface area contributed by atoms with Gasteiger partial charge in [-0.2, -0.15) is 8.78 Å². The molecule has 2 aliphatic carbocycles. The number of hydrogen-bond donors (Lipinski definition) is 0. The molecule has 2 aliphatic rings. The Morgan fingerprint density at radius 3 is 1.65 bits per heavy atom. The monoisotopic (exact) mass is 582 g/mol. The second kappa shape index (κ2) is 12.1. The van der Waals surface area contributed by atoms with Gasteiger partial charge in [-0.15, -0.1) is 13.2 Å². The van der Waals surface area contributed by atoms with Gasteiger partial charge >= 0.3 is 12.5 Å². The van der Waals surface area contributed by atoms with Crippen LogP contribution < -0.4 is 9.47 Å². The summed E-state index contributed by atoms with van der Waals surface area (Å²) >= 11 is 0. The molecule has 0 unspecified atom stereocenters. The van der Waals surface area contributed by atoms with Gasteiger partial charge in [0.05, 0.1) is 0 Å². The second-order valence-electron chi connectivity index (χ2n) is 10.9. The van der Waals surface area contributed by atoms with Gasteiger partial charge in [0, 0.05) is 12.1 Å². The average Bonchev–Trinajstić information content (AvgIpc) is 2.86. The molecule has 2 saturated carbocycles. The van der Waals surface area contributed by atoms with Crippen LogP contribution in [0.25, 0.3) is 0 Å². The Bertz CT molecular complexity index is 1120. The molecule has 2 fully saturated rings. The van der Waals surface area contributed by atoms with Crippen molar-refractivity contribution in [1.29, 1.82) is 0 Å². The molecule has 11 heteroatoms. The Morgan fingerprint density at radius 1 is 0.675 bits per heavy atom. The number of benzene rings is 2. The van der Waals surface area contributed by atoms with E-state index in [9.17, 15) is 39.5 Å². The van der Waals surface area contributed by atoms with Crippen molar-refractivity contribution in [2.24, 2.45) is 17.8 Å². The van der Waals surface area contributed by atoms with E-state index in [0.717, 1.165) is 30.9 Å². The summed E-state index contributed by atoms with van der Waals surface area (Å²) in [4.78, 5) is 0. The van der Waals surface area contributed by atoms with Crippen LogP contribution in [0.3, 0.4) is 0 Å². The van der Waals surface area contributed by atoms with E-state index in [1.807, 2.05) is 0 Å². The molecule has 2 aromatic carbocycles. The Hall–Kier alpha value is -2.59. The Labute approximate surface area is 226 Å². The van der Waals surface area contributed by atoms with Gasteiger partial charge in [0.15, 0.2) is 11.6 Å². The lowest BCUT2D eigenvalue weighted by atomic mass is 9.68. The maximum absolute atomic E-state index is 14.8. The fraction of sp³-hybridized carbons (Fsp3) is 0.586. The van der Waals surface area contributed by atoms with E-state index >= 15 is 0 Å². The molecule has 0 aromatic heterocycles. The molecular formula is C29H31F9O2. The van der Waals surface area contributed by atoms with Crippen LogP contribution in [-0.2, 0) is 6.11 Å². The van der Waals surface area contributed by atoms with Gasteiger partial charge in [-0.05, 0) is 79.9 Å². The summed E-state index contributed by atoms with van der Waals surface area (Å²) in [5, 5.41) is 0. The van der Waals surface area contributed by atoms with Crippen LogP contribution >= 0.6 is 0 Å². The molecular weight excluding hydrogens is 551 g/mol. The maximum Gasteiger partial charge on any atom is 0.573 e. The Balaban J connectivity index is 1.42. The first-order valence-electron chi connectivity index (χ1n) is 13.6. The first kappa shape index (κ1) is 30.4. The van der Waals surface area contributed by atoms with Gasteiger partial charge in [-0.3, -0.25) is 0 Å². The smallest absolute Gasteiger partial charge is 0.429 e. The summed E-state index contributed by atoms with van der Waals surface area (Å²) in [7, 11) is 0. The SMILES string of the molecule is CCCC1CCC(C2CCC(c3cc(F)c(C(F)(F)Oc4cc(F)c(OC(F)(F)F)c(F)c4)c(F)c3)CC2)CC1. The molecule has 40 heavy (non-hydrogen) atoms. The fourth-order valence-corrected chi connectivity index (χ4v) is 6.39. The van der Waals surface area contributed by atoms with Crippen LogP contribution in [0, 0.1) is 41.0 Å². The molecule has 0 atom stereocenters. The van der Waals surface area contributed by atoms with E-state index in [1.54, 1.807) is 0 Å². The molecule has 2 nitrogen and oxygen atoms in total. The van der Waals surface area contributed by atoms with Gasteiger partial charge in [0.2, 0.25) is 5.75 Å². The average molecular weight is 583 g/mol. The van der Waals surface area contributed by atoms with Crippen LogP contribution in [0.4, 0.5) is 39.5 Å². The zero-order valence-corrected chi connectivity index (χ0v) is 21.9. The molecule has 222 valence electrons. The first-order valence-corrected chi connectivity index (χ1v) is 13.6. The Kier molecular flexibility index (Phi) is 9.19. The first-order chi connectivity index (χ1) is 18.8. The lowest BCUT2D eigenvalue weighted by Crippen LogP contribution is -2.27. The number of halogens is 9. The van der Waals surface area contributed by atoms with E-state index in [4.69, 9.17) is 0 Å². The van der Waals surface area contributed by atoms with E-state index in [1.165, 1.54) is 38.5 Å². The predicted octanol–water partition coefficient (Wildman–Crippen LogP) is 10.2. The third-order valence-electron chi connectivity index (χ3n) is 8.29. The quantitative estimate of drug-likeness (QED) is 0.289. The van der Waals surface area contributed by atoms with Crippen LogP contribution in [-0.4, -0.2) is 6.36 Å². The minimum atomic E-state index is -5.45. The van der Waals surface area contributed by atoms with Gasteiger partial charge in [-0.1, -0.05) is 32.6 Å². The molecule has 0 amide bonds. The van der Waals surface area contributed by atoms with Crippen molar-refractivity contribution in [3.63, 3.8) is 0 Å². The minimum Gasteiger partial charge on any atom is -0.429 e. The Morgan fingerprint density at radius 2 is 1.18 bits per heavy atom. The molecule has 0 heterocycles. The van der Waals surface area contributed by atoms with Gasteiger partial charge in [0.1, 0.15) is 22.9 Å². The van der Waals surface area contributed by atoms with E-state index in [-0.39, 0.29) is 23.6 Å². The standard InChI is InChI=1S/C29H31F9O2/c1-2-3-16-4-6-17(7-5-16)18-8-10-19(11-9-18)20-12-22(30)26(23(31)13-20)28(34,35)39-21-14-24(32)27(25(33)15-21)40-29(36,37)38/h12-19H,2-11H2,1H3. The highest BCUT2D eigenvalue weighted by molar-refractivity contribution is 5.37. The molecule has 4 rings (SSSR count). The molecule has 0 aliphatic heterocycles. The van der Waals surface area contributed by atoms with E-state index in [2.05, 4.69) is 16.4 Å². The molecule has 0 saturated heterocycles. The normalized spacial score (nSPS) is 24.1. The molecule has 2 aromatic rings. The highest BCUT2D eigenvalue weighted by Gasteiger charge is 2.42. The number of rotatable bonds is 8. The van der Waals surface area contributed by atoms with Crippen molar-refractivity contribution in [1.82, 2.24) is 0 Å². The van der Waals surface area contributed by atoms with Gasteiger partial charge in [-0.25, -0.2) is 17.6 Å². The van der Waals surface area contributed by atoms with Gasteiger partial charge < -0.3 is 9.47 Å². The molecule has 0 bridgehead atoms. The number of alkyl halides is 5. The lowest BCUT2D eigenvalue weighted by Gasteiger charge is -2.38. The van der Waals surface area contributed by atoms with Crippen molar-refractivity contribution in [2.75, 3.05) is 0 Å². The van der Waals surface area contributed by atoms with Crippen molar-refractivity contribution >= 4 is 0 Å². The maximum atomic E-state index is 14.8. The third kappa shape index (κ3) is 7.18. The zero-order chi connectivity index (χ0) is 29.2. The van der Waals surface area contributed by atoms with Crippen LogP contribution in [0.2, 0.25) is 0 Å². The van der Waals surface area contributed by atoms with Crippen molar-refractivity contribution in [3.8, 4) is 11.5 Å². The van der Waals surface area contributed by atoms with Crippen molar-refractivity contribution in [2.45, 2.75) is 89.5 Å². The van der Waals surface area contributed by atoms with Gasteiger partial charge in [0.25, 0.3) is 0 Å². The predicted molar refractivity (Wildman–Crippen MR) is 129 cm³/mol. The molecule has 0 radical (unpaired) electrons. The van der Waals surface area contributed by atoms with Crippen LogP contribution in [0.5, 0.6) is 11.5 Å². The zero-order valence-electron chi connectivity index (χ0n) is 21.9. The van der Waals surface area contributed by atoms with E-state index in [0.29, 0.717) is 24.7 Å². The van der Waals surface area contributed by atoms with Crippen molar-refractivity contribution < 1.29 is 49.0 Å². The largest absolute Gasteiger partial charge is 0.573 e. The third-order valence-corrected chi connectivity index (χ3v) is 8.29. The number of hydrogen-bond acceptors (Lipinski definition) is 2. The van der Waals surface area contributed by atoms with Crippen LogP contribution in [0.15, 0.2) is 24.3 Å². The molecule has 0 N–H and O–H groups in total. The second-order valence-corrected chi connectivity index (χ2v) is 10.9. The molecule has 0 spiro atoms. The topological polar surface area (TPSA) is 18.5 Å². The summed E-state index contributed by atoms with van der Waals surface area (Å²) in [6.45, 7) is 2.20. The van der Waals surface area contributed by atoms with E-state index < -0.39 is 52.8 Å². The van der Waals surface area contributed by atoms with Crippen LogP contribution in [0.1, 0.15) is 88.2 Å². The minimum absolute atomic E-state index is 0.00302. The summed E-state index contributed by atoms with van der Waals surface area (Å²) in [6.07, 6.45) is 0.258. The lowest BCUT2D eigenvalue weighted by molar-refractivity contribution is -0.276. The summed E-state index contributed by atoms with van der Waals surface area (Å²) in [6, 6.07) is 1.63. The fourth-order valence-electron chi connectivity index (χ4n) is 6.39. The highest BCUT2D eigenvalue weighted by Crippen LogP contribution is 2.46. The number of ether oxygens (including phenoxy) is 2. The summed E-state index contributed by atoms with van der Waals surface area (Å²) < 4.78 is 131. The highest BCUT2D eigenvalue weighted by atomic mass is 19.4. The summed E-state index contributed by atoms with van der Waals surface area (Å²) in [5.74, 6) is -8.60. The van der Waals surface area contributed by atoms with Crippen molar-refractivity contribution in [3.05, 3.63) is 58.7 Å².